The lowest BCUT2D eigenvalue weighted by molar-refractivity contribution is 0.102. The van der Waals surface area contributed by atoms with Gasteiger partial charge in [-0.1, -0.05) is 23.7 Å². The molecule has 5 nitrogen and oxygen atoms in total. The Kier molecular flexibility index (Phi) is 4.74. The molecule has 2 heterocycles. The van der Waals surface area contributed by atoms with Crippen molar-refractivity contribution in [1.29, 1.82) is 0 Å². The molecule has 128 valence electrons. The van der Waals surface area contributed by atoms with Gasteiger partial charge in [0, 0.05) is 29.9 Å². The monoisotopic (exact) mass is 373 g/mol. The average Bonchev–Trinajstić information content (AvgIpc) is 2.94. The Bertz CT molecular complexity index is 1020. The summed E-state index contributed by atoms with van der Waals surface area (Å²) in [6.45, 7) is 3.58. The number of hydrogen-bond donors (Lipinski definition) is 1. The summed E-state index contributed by atoms with van der Waals surface area (Å²) in [7, 11) is 1.65. The number of aromatic nitrogens is 2. The highest BCUT2D eigenvalue weighted by Gasteiger charge is 2.17. The number of benzene rings is 1. The van der Waals surface area contributed by atoms with Crippen molar-refractivity contribution >= 4 is 34.5 Å². The zero-order valence-electron chi connectivity index (χ0n) is 14.0. The Hall–Kier alpha value is -2.44. The molecule has 0 radical (unpaired) electrons. The second-order valence-corrected chi connectivity index (χ2v) is 7.15. The van der Waals surface area contributed by atoms with Crippen LogP contribution in [-0.2, 0) is 7.05 Å². The van der Waals surface area contributed by atoms with E-state index in [9.17, 15) is 9.59 Å². The standard InChI is InChI=1S/C18H16ClN3O2S/c1-10-7-15(23)22(3)9-14(10)21-17(24)16-11(2)20-18(25-16)12-5-4-6-13(19)8-12/h4-9H,1-3H3,(H,21,24). The van der Waals surface area contributed by atoms with E-state index < -0.39 is 0 Å². The van der Waals surface area contributed by atoms with E-state index in [2.05, 4.69) is 10.3 Å². The number of amides is 1. The van der Waals surface area contributed by atoms with Crippen molar-refractivity contribution in [2.75, 3.05) is 5.32 Å². The van der Waals surface area contributed by atoms with Gasteiger partial charge in [-0.3, -0.25) is 9.59 Å². The fourth-order valence-electron chi connectivity index (χ4n) is 2.39. The molecule has 7 heteroatoms. The third kappa shape index (κ3) is 3.65. The first kappa shape index (κ1) is 17.4. The van der Waals surface area contributed by atoms with Crippen molar-refractivity contribution in [3.63, 3.8) is 0 Å². The number of thiazole rings is 1. The van der Waals surface area contributed by atoms with E-state index in [0.29, 0.717) is 26.8 Å². The Morgan fingerprint density at radius 3 is 2.76 bits per heavy atom. The number of carbonyl (C=O) groups excluding carboxylic acids is 1. The SMILES string of the molecule is Cc1cc(=O)n(C)cc1NC(=O)c1sc(-c2cccc(Cl)c2)nc1C. The van der Waals surface area contributed by atoms with Crippen LogP contribution in [0.5, 0.6) is 0 Å². The van der Waals surface area contributed by atoms with Gasteiger partial charge in [0.2, 0.25) is 0 Å². The number of halogens is 1. The molecule has 25 heavy (non-hydrogen) atoms. The molecule has 0 aliphatic heterocycles. The molecule has 0 saturated heterocycles. The van der Waals surface area contributed by atoms with Crippen LogP contribution < -0.4 is 10.9 Å². The van der Waals surface area contributed by atoms with Crippen molar-refractivity contribution in [3.05, 3.63) is 68.0 Å². The summed E-state index contributed by atoms with van der Waals surface area (Å²) in [4.78, 5) is 29.3. The van der Waals surface area contributed by atoms with E-state index in [4.69, 9.17) is 11.6 Å². The van der Waals surface area contributed by atoms with Crippen LogP contribution in [0, 0.1) is 13.8 Å². The molecule has 3 rings (SSSR count). The molecule has 0 aliphatic carbocycles. The lowest BCUT2D eigenvalue weighted by Crippen LogP contribution is -2.19. The van der Waals surface area contributed by atoms with Crippen LogP contribution in [0.3, 0.4) is 0 Å². The molecular formula is C18H16ClN3O2S. The molecule has 0 fully saturated rings. The molecule has 1 aromatic carbocycles. The van der Waals surface area contributed by atoms with E-state index in [0.717, 1.165) is 10.6 Å². The van der Waals surface area contributed by atoms with Crippen molar-refractivity contribution in [1.82, 2.24) is 9.55 Å². The van der Waals surface area contributed by atoms with Gasteiger partial charge in [-0.2, -0.15) is 0 Å². The molecule has 0 unspecified atom stereocenters. The number of anilines is 1. The highest BCUT2D eigenvalue weighted by atomic mass is 35.5. The number of carbonyl (C=O) groups is 1. The van der Waals surface area contributed by atoms with E-state index in [-0.39, 0.29) is 11.5 Å². The molecule has 2 aromatic heterocycles. The van der Waals surface area contributed by atoms with E-state index in [1.165, 1.54) is 22.0 Å². The van der Waals surface area contributed by atoms with Gasteiger partial charge >= 0.3 is 0 Å². The van der Waals surface area contributed by atoms with Crippen LogP contribution in [0.15, 0.2) is 41.3 Å². The summed E-state index contributed by atoms with van der Waals surface area (Å²) >= 11 is 7.34. The summed E-state index contributed by atoms with van der Waals surface area (Å²) in [5.74, 6) is -0.245. The lowest BCUT2D eigenvalue weighted by Gasteiger charge is -2.09. The van der Waals surface area contributed by atoms with Crippen molar-refractivity contribution in [2.24, 2.45) is 7.05 Å². The smallest absolute Gasteiger partial charge is 0.267 e. The first-order valence-electron chi connectivity index (χ1n) is 7.57. The van der Waals surface area contributed by atoms with Gasteiger partial charge in [0.1, 0.15) is 9.88 Å². The number of rotatable bonds is 3. The van der Waals surface area contributed by atoms with Crippen molar-refractivity contribution in [3.8, 4) is 10.6 Å². The maximum Gasteiger partial charge on any atom is 0.267 e. The zero-order chi connectivity index (χ0) is 18.1. The molecule has 3 aromatic rings. The Morgan fingerprint density at radius 1 is 1.28 bits per heavy atom. The molecule has 1 amide bonds. The number of nitrogens with one attached hydrogen (secondary N) is 1. The third-order valence-corrected chi connectivity index (χ3v) is 5.20. The summed E-state index contributed by atoms with van der Waals surface area (Å²) in [6, 6.07) is 8.86. The number of nitrogens with zero attached hydrogens (tertiary/aromatic N) is 2. The summed E-state index contributed by atoms with van der Waals surface area (Å²) in [6.07, 6.45) is 1.61. The maximum atomic E-state index is 12.6. The Labute approximate surface area is 153 Å². The van der Waals surface area contributed by atoms with Gasteiger partial charge in [-0.05, 0) is 31.5 Å². The van der Waals surface area contributed by atoms with Crippen LogP contribution in [0.2, 0.25) is 5.02 Å². The van der Waals surface area contributed by atoms with Crippen molar-refractivity contribution < 1.29 is 4.79 Å². The normalized spacial score (nSPS) is 10.7. The lowest BCUT2D eigenvalue weighted by atomic mass is 10.2. The maximum absolute atomic E-state index is 12.6. The fraction of sp³-hybridized carbons (Fsp3) is 0.167. The number of hydrogen-bond acceptors (Lipinski definition) is 4. The highest BCUT2D eigenvalue weighted by molar-refractivity contribution is 7.17. The molecule has 0 saturated carbocycles. The van der Waals surface area contributed by atoms with Gasteiger partial charge in [0.15, 0.2) is 0 Å². The van der Waals surface area contributed by atoms with Crippen LogP contribution in [-0.4, -0.2) is 15.5 Å². The minimum absolute atomic E-state index is 0.118. The predicted octanol–water partition coefficient (Wildman–Crippen LogP) is 4.03. The quantitative estimate of drug-likeness (QED) is 0.753. The topological polar surface area (TPSA) is 64.0 Å². The van der Waals surface area contributed by atoms with E-state index in [1.54, 1.807) is 33.2 Å². The third-order valence-electron chi connectivity index (χ3n) is 3.76. The summed E-state index contributed by atoms with van der Waals surface area (Å²) < 4.78 is 1.43. The number of aryl methyl sites for hydroxylation is 3. The summed E-state index contributed by atoms with van der Waals surface area (Å²) in [5.41, 5.74) is 2.73. The second-order valence-electron chi connectivity index (χ2n) is 5.72. The fourth-order valence-corrected chi connectivity index (χ4v) is 3.53. The van der Waals surface area contributed by atoms with Crippen LogP contribution in [0.25, 0.3) is 10.6 Å². The zero-order valence-corrected chi connectivity index (χ0v) is 15.5. The molecule has 0 aliphatic rings. The largest absolute Gasteiger partial charge is 0.320 e. The van der Waals surface area contributed by atoms with Crippen LogP contribution in [0.4, 0.5) is 5.69 Å². The molecule has 0 bridgehead atoms. The highest BCUT2D eigenvalue weighted by Crippen LogP contribution is 2.30. The van der Waals surface area contributed by atoms with Crippen LogP contribution in [0.1, 0.15) is 20.9 Å². The average molecular weight is 374 g/mol. The minimum atomic E-state index is -0.245. The van der Waals surface area contributed by atoms with Gasteiger partial charge in [0.25, 0.3) is 11.5 Å². The molecular weight excluding hydrogens is 358 g/mol. The van der Waals surface area contributed by atoms with Gasteiger partial charge in [-0.15, -0.1) is 11.3 Å². The first-order chi connectivity index (χ1) is 11.8. The predicted molar refractivity (Wildman–Crippen MR) is 102 cm³/mol. The summed E-state index contributed by atoms with van der Waals surface area (Å²) in [5, 5.41) is 4.22. The van der Waals surface area contributed by atoms with Gasteiger partial charge < -0.3 is 9.88 Å². The van der Waals surface area contributed by atoms with E-state index >= 15 is 0 Å². The molecule has 1 N–H and O–H groups in total. The van der Waals surface area contributed by atoms with Crippen LogP contribution >= 0.6 is 22.9 Å². The first-order valence-corrected chi connectivity index (χ1v) is 8.76. The molecule has 0 spiro atoms. The second kappa shape index (κ2) is 6.82. The van der Waals surface area contributed by atoms with Gasteiger partial charge in [0.05, 0.1) is 11.4 Å². The Balaban J connectivity index is 1.91. The molecule has 0 atom stereocenters. The number of pyridine rings is 1. The van der Waals surface area contributed by atoms with E-state index in [1.807, 2.05) is 18.2 Å². The Morgan fingerprint density at radius 2 is 2.04 bits per heavy atom. The van der Waals surface area contributed by atoms with Crippen molar-refractivity contribution in [2.45, 2.75) is 13.8 Å². The minimum Gasteiger partial charge on any atom is -0.320 e. The van der Waals surface area contributed by atoms with Gasteiger partial charge in [-0.25, -0.2) is 4.98 Å².